The fourth-order valence-electron chi connectivity index (χ4n) is 2.14. The van der Waals surface area contributed by atoms with Crippen molar-refractivity contribution < 1.29 is 4.79 Å². The van der Waals surface area contributed by atoms with Crippen LogP contribution >= 0.6 is 15.9 Å². The Bertz CT molecular complexity index is 833. The molecule has 0 saturated heterocycles. The first kappa shape index (κ1) is 13.7. The summed E-state index contributed by atoms with van der Waals surface area (Å²) in [4.78, 5) is 20.9. The zero-order valence-corrected chi connectivity index (χ0v) is 12.7. The van der Waals surface area contributed by atoms with Crippen molar-refractivity contribution in [2.75, 3.05) is 5.73 Å². The van der Waals surface area contributed by atoms with Crippen LogP contribution in [0.4, 0.5) is 5.82 Å². The second kappa shape index (κ2) is 5.61. The van der Waals surface area contributed by atoms with Crippen LogP contribution in [0.1, 0.15) is 16.1 Å². The van der Waals surface area contributed by atoms with Crippen molar-refractivity contribution in [1.29, 1.82) is 0 Å². The number of nitrogens with zero attached hydrogens (tertiary/aromatic N) is 2. The third-order valence-electron chi connectivity index (χ3n) is 3.22. The summed E-state index contributed by atoms with van der Waals surface area (Å²) in [5.41, 5.74) is 7.70. The molecule has 0 aliphatic heterocycles. The van der Waals surface area contributed by atoms with E-state index in [-0.39, 0.29) is 12.2 Å². The summed E-state index contributed by atoms with van der Waals surface area (Å²) in [6, 6.07) is 13.2. The lowest BCUT2D eigenvalue weighted by Crippen LogP contribution is -2.09. The molecule has 0 atom stereocenters. The Morgan fingerprint density at radius 3 is 2.81 bits per heavy atom. The van der Waals surface area contributed by atoms with Gasteiger partial charge in [0.15, 0.2) is 5.78 Å². The molecule has 0 fully saturated rings. The van der Waals surface area contributed by atoms with Crippen LogP contribution in [-0.4, -0.2) is 15.8 Å². The maximum absolute atomic E-state index is 12.5. The molecule has 2 N–H and O–H groups in total. The van der Waals surface area contributed by atoms with Crippen LogP contribution in [0.2, 0.25) is 0 Å². The van der Waals surface area contributed by atoms with E-state index in [4.69, 9.17) is 5.73 Å². The zero-order chi connectivity index (χ0) is 14.8. The number of nitrogen functional groups attached to an aromatic ring is 1. The summed E-state index contributed by atoms with van der Waals surface area (Å²) in [5, 5.41) is 0.988. The SMILES string of the molecule is Nc1ncccc1CC(=O)c1nc2ccccc2cc1Br. The number of fused-ring (bicyclic) bond motifs is 1. The summed E-state index contributed by atoms with van der Waals surface area (Å²) in [7, 11) is 0. The van der Waals surface area contributed by atoms with Gasteiger partial charge in [-0.25, -0.2) is 9.97 Å². The molecule has 2 heterocycles. The van der Waals surface area contributed by atoms with E-state index in [1.165, 1.54) is 0 Å². The molecule has 0 amide bonds. The van der Waals surface area contributed by atoms with E-state index in [9.17, 15) is 4.79 Å². The first-order chi connectivity index (χ1) is 10.1. The highest BCUT2D eigenvalue weighted by Gasteiger charge is 2.15. The predicted molar refractivity (Wildman–Crippen MR) is 86.1 cm³/mol. The van der Waals surface area contributed by atoms with Gasteiger partial charge in [-0.2, -0.15) is 0 Å². The van der Waals surface area contributed by atoms with E-state index in [1.54, 1.807) is 18.3 Å². The smallest absolute Gasteiger partial charge is 0.186 e. The van der Waals surface area contributed by atoms with Gasteiger partial charge in [-0.15, -0.1) is 0 Å². The summed E-state index contributed by atoms with van der Waals surface area (Å²) in [5.74, 6) is 0.287. The van der Waals surface area contributed by atoms with E-state index in [2.05, 4.69) is 25.9 Å². The van der Waals surface area contributed by atoms with Crippen LogP contribution in [0, 0.1) is 0 Å². The quantitative estimate of drug-likeness (QED) is 0.741. The van der Waals surface area contributed by atoms with Gasteiger partial charge in [0.2, 0.25) is 0 Å². The van der Waals surface area contributed by atoms with Crippen LogP contribution in [0.3, 0.4) is 0 Å². The number of rotatable bonds is 3. The lowest BCUT2D eigenvalue weighted by molar-refractivity contribution is 0.0988. The van der Waals surface area contributed by atoms with Crippen molar-refractivity contribution in [1.82, 2.24) is 9.97 Å². The normalized spacial score (nSPS) is 10.7. The summed E-state index contributed by atoms with van der Waals surface area (Å²) >= 11 is 3.42. The molecule has 0 aliphatic carbocycles. The lowest BCUT2D eigenvalue weighted by Gasteiger charge is -2.07. The van der Waals surface area contributed by atoms with Crippen LogP contribution < -0.4 is 5.73 Å². The standard InChI is InChI=1S/C16H12BrN3O/c17-12-8-10-4-1-2-6-13(10)20-15(12)14(21)9-11-5-3-7-19-16(11)18/h1-8H,9H2,(H2,18,19). The van der Waals surface area contributed by atoms with Gasteiger partial charge in [0.05, 0.1) is 5.52 Å². The van der Waals surface area contributed by atoms with Gasteiger partial charge < -0.3 is 5.73 Å². The third kappa shape index (κ3) is 2.78. The molecule has 0 radical (unpaired) electrons. The number of pyridine rings is 2. The molecule has 0 bridgehead atoms. The van der Waals surface area contributed by atoms with Crippen LogP contribution in [0.5, 0.6) is 0 Å². The first-order valence-corrected chi connectivity index (χ1v) is 7.22. The summed E-state index contributed by atoms with van der Waals surface area (Å²) < 4.78 is 0.689. The average molecular weight is 342 g/mol. The Morgan fingerprint density at radius 2 is 2.00 bits per heavy atom. The molecule has 21 heavy (non-hydrogen) atoms. The highest BCUT2D eigenvalue weighted by molar-refractivity contribution is 9.10. The van der Waals surface area contributed by atoms with Crippen LogP contribution in [0.25, 0.3) is 10.9 Å². The number of hydrogen-bond acceptors (Lipinski definition) is 4. The molecule has 104 valence electrons. The number of para-hydroxylation sites is 1. The van der Waals surface area contributed by atoms with E-state index in [1.807, 2.05) is 30.3 Å². The fraction of sp³-hybridized carbons (Fsp3) is 0.0625. The number of Topliss-reactive ketones (excluding diaryl/α,β-unsaturated/α-hetero) is 1. The number of benzene rings is 1. The van der Waals surface area contributed by atoms with E-state index < -0.39 is 0 Å². The molecule has 0 saturated carbocycles. The van der Waals surface area contributed by atoms with Crippen molar-refractivity contribution >= 4 is 38.4 Å². The Balaban J connectivity index is 1.98. The van der Waals surface area contributed by atoms with Crippen molar-refractivity contribution in [2.24, 2.45) is 0 Å². The average Bonchev–Trinajstić information content (AvgIpc) is 2.49. The highest BCUT2D eigenvalue weighted by Crippen LogP contribution is 2.23. The highest BCUT2D eigenvalue weighted by atomic mass is 79.9. The molecule has 3 aromatic rings. The fourth-order valence-corrected chi connectivity index (χ4v) is 2.70. The summed E-state index contributed by atoms with van der Waals surface area (Å²) in [6.45, 7) is 0. The largest absolute Gasteiger partial charge is 0.383 e. The topological polar surface area (TPSA) is 68.9 Å². The van der Waals surface area contributed by atoms with Gasteiger partial charge in [-0.1, -0.05) is 24.3 Å². The van der Waals surface area contributed by atoms with Gasteiger partial charge >= 0.3 is 0 Å². The summed E-state index contributed by atoms with van der Waals surface area (Å²) in [6.07, 6.45) is 1.79. The Kier molecular flexibility index (Phi) is 3.66. The maximum Gasteiger partial charge on any atom is 0.186 e. The number of carbonyl (C=O) groups is 1. The molecule has 0 unspecified atom stereocenters. The minimum Gasteiger partial charge on any atom is -0.383 e. The Labute approximate surface area is 130 Å². The minimum atomic E-state index is -0.0904. The number of ketones is 1. The van der Waals surface area contributed by atoms with E-state index in [0.29, 0.717) is 21.5 Å². The Hall–Kier alpha value is -2.27. The second-order valence-electron chi connectivity index (χ2n) is 4.66. The molecule has 5 heteroatoms. The number of aromatic nitrogens is 2. The van der Waals surface area contributed by atoms with Gasteiger partial charge in [0.25, 0.3) is 0 Å². The number of nitrogens with two attached hydrogens (primary N) is 1. The molecule has 1 aromatic carbocycles. The number of anilines is 1. The number of carbonyl (C=O) groups excluding carboxylic acids is 1. The number of halogens is 1. The van der Waals surface area contributed by atoms with Gasteiger partial charge in [0, 0.05) is 28.0 Å². The minimum absolute atomic E-state index is 0.0904. The van der Waals surface area contributed by atoms with Crippen molar-refractivity contribution in [3.05, 3.63) is 64.4 Å². The van der Waals surface area contributed by atoms with Crippen LogP contribution in [0.15, 0.2) is 53.1 Å². The molecule has 4 nitrogen and oxygen atoms in total. The Morgan fingerprint density at radius 1 is 1.19 bits per heavy atom. The van der Waals surface area contributed by atoms with Gasteiger partial charge in [-0.3, -0.25) is 4.79 Å². The van der Waals surface area contributed by atoms with Gasteiger partial charge in [0.1, 0.15) is 11.5 Å². The molecule has 3 rings (SSSR count). The lowest BCUT2D eigenvalue weighted by atomic mass is 10.1. The molecule has 0 aliphatic rings. The first-order valence-electron chi connectivity index (χ1n) is 6.43. The second-order valence-corrected chi connectivity index (χ2v) is 5.51. The number of hydrogen-bond donors (Lipinski definition) is 1. The van der Waals surface area contributed by atoms with E-state index in [0.717, 1.165) is 10.9 Å². The van der Waals surface area contributed by atoms with Crippen molar-refractivity contribution in [3.63, 3.8) is 0 Å². The van der Waals surface area contributed by atoms with Crippen molar-refractivity contribution in [2.45, 2.75) is 6.42 Å². The zero-order valence-electron chi connectivity index (χ0n) is 11.1. The molecular weight excluding hydrogens is 330 g/mol. The molecule has 0 spiro atoms. The molecular formula is C16H12BrN3O. The van der Waals surface area contributed by atoms with Crippen LogP contribution in [-0.2, 0) is 6.42 Å². The predicted octanol–water partition coefficient (Wildman–Crippen LogP) is 3.40. The molecule has 2 aromatic heterocycles. The van der Waals surface area contributed by atoms with Gasteiger partial charge in [-0.05, 0) is 34.1 Å². The third-order valence-corrected chi connectivity index (χ3v) is 3.82. The maximum atomic E-state index is 12.5. The van der Waals surface area contributed by atoms with Crippen molar-refractivity contribution in [3.8, 4) is 0 Å². The monoisotopic (exact) mass is 341 g/mol. The van der Waals surface area contributed by atoms with E-state index >= 15 is 0 Å².